The topological polar surface area (TPSA) is 14.1 Å². The standard InChI is InChI=1S/C6H7N.F6P/c1-6-2-4-7-5-3-6;1-7(2,3,4,5)6/h2-5H,1H3;/q;-1/p+1. The predicted octanol–water partition coefficient (Wildman–Crippen LogP) is 4.19. The molecule has 1 aromatic rings. The van der Waals surface area contributed by atoms with Crippen molar-refractivity contribution in [1.29, 1.82) is 0 Å². The first-order chi connectivity index (χ1) is 5.84. The molecule has 1 heterocycles. The van der Waals surface area contributed by atoms with Gasteiger partial charge in [-0.25, -0.2) is 4.98 Å². The van der Waals surface area contributed by atoms with Crippen LogP contribution in [0.2, 0.25) is 0 Å². The molecule has 0 unspecified atom stereocenters. The molecular formula is C6H8F6NP. The predicted molar refractivity (Wildman–Crippen MR) is 41.3 cm³/mol. The van der Waals surface area contributed by atoms with Gasteiger partial charge in [0.25, 0.3) is 0 Å². The van der Waals surface area contributed by atoms with Gasteiger partial charge in [0.2, 0.25) is 0 Å². The maximum atomic E-state index is 9.87. The van der Waals surface area contributed by atoms with Gasteiger partial charge >= 0.3 is 33.0 Å². The van der Waals surface area contributed by atoms with E-state index in [4.69, 9.17) is 0 Å². The summed E-state index contributed by atoms with van der Waals surface area (Å²) < 4.78 is 59.2. The Hall–Kier alpha value is -0.840. The van der Waals surface area contributed by atoms with Crippen molar-refractivity contribution in [2.24, 2.45) is 0 Å². The number of hydrogen-bond acceptors (Lipinski definition) is 0. The first-order valence-electron chi connectivity index (χ1n) is 3.34. The van der Waals surface area contributed by atoms with Crippen molar-refractivity contribution in [1.82, 2.24) is 0 Å². The van der Waals surface area contributed by atoms with Crippen LogP contribution in [0.5, 0.6) is 0 Å². The molecule has 0 radical (unpaired) electrons. The molecule has 0 aromatic carbocycles. The monoisotopic (exact) mass is 239 g/mol. The van der Waals surface area contributed by atoms with Gasteiger partial charge in [0.1, 0.15) is 0 Å². The van der Waals surface area contributed by atoms with Crippen LogP contribution < -0.4 is 4.98 Å². The van der Waals surface area contributed by atoms with Gasteiger partial charge in [0.15, 0.2) is 12.4 Å². The van der Waals surface area contributed by atoms with Crippen molar-refractivity contribution in [2.45, 2.75) is 6.92 Å². The number of pyridine rings is 1. The minimum atomic E-state index is -10.7. The summed E-state index contributed by atoms with van der Waals surface area (Å²) in [5, 5.41) is 0. The number of hydrogen-bond donors (Lipinski definition) is 0. The molecule has 0 amide bonds. The van der Waals surface area contributed by atoms with E-state index in [1.54, 1.807) is 0 Å². The fourth-order valence-corrected chi connectivity index (χ4v) is 0.470. The van der Waals surface area contributed by atoms with Gasteiger partial charge in [0.05, 0.1) is 0 Å². The Morgan fingerprint density at radius 2 is 1.21 bits per heavy atom. The van der Waals surface area contributed by atoms with Gasteiger partial charge in [-0.2, -0.15) is 0 Å². The molecule has 1 rings (SSSR count). The summed E-state index contributed by atoms with van der Waals surface area (Å²) in [5.74, 6) is 0. The van der Waals surface area contributed by atoms with Crippen LogP contribution in [0.15, 0.2) is 24.5 Å². The van der Waals surface area contributed by atoms with Crippen molar-refractivity contribution < 1.29 is 30.2 Å². The summed E-state index contributed by atoms with van der Waals surface area (Å²) in [6, 6.07) is 4.06. The quantitative estimate of drug-likeness (QED) is 0.476. The fourth-order valence-electron chi connectivity index (χ4n) is 0.470. The average Bonchev–Trinajstić information content (AvgIpc) is 1.81. The third-order valence-corrected chi connectivity index (χ3v) is 0.885. The third-order valence-electron chi connectivity index (χ3n) is 0.885. The Labute approximate surface area is 76.0 Å². The van der Waals surface area contributed by atoms with E-state index in [1.807, 2.05) is 24.5 Å². The molecule has 0 aliphatic heterocycles. The van der Waals surface area contributed by atoms with E-state index in [0.717, 1.165) is 0 Å². The number of H-pyrrole nitrogens is 1. The van der Waals surface area contributed by atoms with Crippen molar-refractivity contribution in [2.75, 3.05) is 0 Å². The van der Waals surface area contributed by atoms with Gasteiger partial charge in [-0.15, -0.1) is 0 Å². The molecule has 0 spiro atoms. The molecule has 1 N–H and O–H groups in total. The van der Waals surface area contributed by atoms with Crippen LogP contribution in [0.4, 0.5) is 25.2 Å². The zero-order valence-electron chi connectivity index (χ0n) is 7.02. The van der Waals surface area contributed by atoms with E-state index in [0.29, 0.717) is 0 Å². The summed E-state index contributed by atoms with van der Waals surface area (Å²) >= 11 is 0. The van der Waals surface area contributed by atoms with E-state index in [9.17, 15) is 25.2 Å². The van der Waals surface area contributed by atoms with Gasteiger partial charge in [-0.05, 0) is 12.5 Å². The molecule has 1 aromatic heterocycles. The Morgan fingerprint density at radius 3 is 1.36 bits per heavy atom. The molecule has 8 heteroatoms. The van der Waals surface area contributed by atoms with E-state index in [2.05, 4.69) is 11.9 Å². The van der Waals surface area contributed by atoms with Crippen LogP contribution in [0.25, 0.3) is 0 Å². The Kier molecular flexibility index (Phi) is 2.90. The van der Waals surface area contributed by atoms with E-state index in [-0.39, 0.29) is 0 Å². The summed E-state index contributed by atoms with van der Waals surface area (Å²) in [6.45, 7) is 2.06. The molecule has 14 heavy (non-hydrogen) atoms. The Bertz CT molecular complexity index is 278. The molecule has 0 aliphatic rings. The van der Waals surface area contributed by atoms with Crippen LogP contribution in [0.3, 0.4) is 0 Å². The number of rotatable bonds is 0. The molecular weight excluding hydrogens is 231 g/mol. The molecule has 84 valence electrons. The van der Waals surface area contributed by atoms with E-state index in [1.165, 1.54) is 5.56 Å². The summed E-state index contributed by atoms with van der Waals surface area (Å²) in [7, 11) is -10.7. The molecule has 0 fully saturated rings. The zero-order chi connectivity index (χ0) is 11.5. The normalized spacial score (nSPS) is 15.9. The SMILES string of the molecule is Cc1cc[nH+]cc1.F[P-](F)(F)(F)(F)F. The second kappa shape index (κ2) is 3.08. The molecule has 0 atom stereocenters. The number of halogens is 6. The maximum absolute atomic E-state index is 10.7. The Balaban J connectivity index is 0.000000241. The van der Waals surface area contributed by atoms with Gasteiger partial charge in [-0.3, -0.25) is 0 Å². The summed E-state index contributed by atoms with van der Waals surface area (Å²) in [5.41, 5.74) is 1.29. The number of aromatic nitrogens is 1. The van der Waals surface area contributed by atoms with Crippen molar-refractivity contribution in [3.63, 3.8) is 0 Å². The average molecular weight is 239 g/mol. The van der Waals surface area contributed by atoms with Crippen LogP contribution in [0, 0.1) is 6.92 Å². The van der Waals surface area contributed by atoms with Gasteiger partial charge < -0.3 is 0 Å². The number of aryl methyl sites for hydroxylation is 1. The van der Waals surface area contributed by atoms with E-state index < -0.39 is 7.81 Å². The van der Waals surface area contributed by atoms with Gasteiger partial charge in [0, 0.05) is 12.1 Å². The zero-order valence-corrected chi connectivity index (χ0v) is 7.92. The van der Waals surface area contributed by atoms with Gasteiger partial charge in [-0.1, -0.05) is 0 Å². The molecule has 0 bridgehead atoms. The first kappa shape index (κ1) is 13.2. The third kappa shape index (κ3) is 22.5. The number of nitrogens with one attached hydrogen (secondary N) is 1. The van der Waals surface area contributed by atoms with Crippen LogP contribution in [0.1, 0.15) is 5.56 Å². The second-order valence-corrected chi connectivity index (χ2v) is 4.45. The summed E-state index contributed by atoms with van der Waals surface area (Å²) in [6.07, 6.45) is 3.82. The molecule has 1 nitrogen and oxygen atoms in total. The first-order valence-corrected chi connectivity index (χ1v) is 5.36. The fraction of sp³-hybridized carbons (Fsp3) is 0.167. The molecule has 0 saturated heterocycles. The van der Waals surface area contributed by atoms with Crippen molar-refractivity contribution in [3.8, 4) is 0 Å². The molecule has 0 saturated carbocycles. The van der Waals surface area contributed by atoms with E-state index >= 15 is 0 Å². The van der Waals surface area contributed by atoms with Crippen LogP contribution in [-0.2, 0) is 0 Å². The molecule has 0 aliphatic carbocycles. The minimum absolute atomic E-state index is 1.29. The number of aromatic amines is 1. The van der Waals surface area contributed by atoms with Crippen LogP contribution >= 0.6 is 7.81 Å². The van der Waals surface area contributed by atoms with Crippen molar-refractivity contribution >= 4 is 7.81 Å². The summed E-state index contributed by atoms with van der Waals surface area (Å²) in [4.78, 5) is 2.93. The van der Waals surface area contributed by atoms with Crippen LogP contribution in [-0.4, -0.2) is 0 Å². The van der Waals surface area contributed by atoms with Crippen molar-refractivity contribution in [3.05, 3.63) is 30.1 Å². The second-order valence-electron chi connectivity index (χ2n) is 2.54. The Morgan fingerprint density at radius 1 is 0.929 bits per heavy atom.